The first-order chi connectivity index (χ1) is 19.0. The van der Waals surface area contributed by atoms with Gasteiger partial charge in [0.05, 0.1) is 42.6 Å². The van der Waals surface area contributed by atoms with Gasteiger partial charge in [0, 0.05) is 19.2 Å². The second kappa shape index (κ2) is 11.3. The molecule has 0 spiro atoms. The molecule has 0 aliphatic carbocycles. The number of aryl methyl sites for hydroxylation is 1. The molecular formula is C27H26ClFN7O4+. The average molecular weight is 567 g/mol. The number of carbonyl (C=O) groups excluding carboxylic acids is 1. The van der Waals surface area contributed by atoms with E-state index in [4.69, 9.17) is 26.5 Å². The van der Waals surface area contributed by atoms with Gasteiger partial charge in [0.2, 0.25) is 5.69 Å². The maximum Gasteiger partial charge on any atom is 0.319 e. The molecule has 1 aliphatic rings. The molecule has 1 aliphatic heterocycles. The Morgan fingerprint density at radius 3 is 2.58 bits per heavy atom. The number of nitriles is 1. The molecule has 40 heavy (non-hydrogen) atoms. The van der Waals surface area contributed by atoms with Crippen LogP contribution in [0.15, 0.2) is 52.7 Å². The minimum Gasteiger partial charge on any atom is -0.477 e. The Morgan fingerprint density at radius 2 is 1.98 bits per heavy atom. The molecule has 13 heteroatoms. The second-order valence-electron chi connectivity index (χ2n) is 9.25. The van der Waals surface area contributed by atoms with Crippen LogP contribution in [0.1, 0.15) is 31.0 Å². The molecule has 1 aromatic carbocycles. The lowest BCUT2D eigenvalue weighted by atomic mass is 9.92. The third kappa shape index (κ3) is 5.04. The lowest BCUT2D eigenvalue weighted by Gasteiger charge is -2.26. The zero-order valence-electron chi connectivity index (χ0n) is 22.3. The summed E-state index contributed by atoms with van der Waals surface area (Å²) in [6.45, 7) is 3.73. The minimum atomic E-state index is -1.09. The maximum absolute atomic E-state index is 14.9. The van der Waals surface area contributed by atoms with Crippen LogP contribution in [0.5, 0.6) is 11.9 Å². The Labute approximate surface area is 234 Å². The number of nitrogens with zero attached hydrogens (tertiary/aromatic N) is 5. The molecule has 4 rings (SSSR count). The minimum absolute atomic E-state index is 0.0806. The number of allylic oxidation sites excluding steroid dienone is 1. The van der Waals surface area contributed by atoms with Crippen molar-refractivity contribution in [2.75, 3.05) is 19.1 Å². The number of nitrogens with one attached hydrogen (secondary N) is 1. The van der Waals surface area contributed by atoms with E-state index in [2.05, 4.69) is 9.97 Å². The standard InChI is InChI=1S/C27H25ClFN7O4/c1-13(2)22(33-18-11-32-27(40-5)34-24(18)39-4)20-21(31)26(38)36(19-9-16(28)12-35(3)25(19)37)23(20)14-6-7-15(10-30)17(29)8-14/h6-9,11-13,23,31,33H,1-5H3/p+1. The van der Waals surface area contributed by atoms with Gasteiger partial charge in [-0.05, 0) is 23.8 Å². The van der Waals surface area contributed by atoms with Crippen LogP contribution in [0.2, 0.25) is 5.02 Å². The largest absolute Gasteiger partial charge is 0.477 e. The number of pyridine rings is 1. The van der Waals surface area contributed by atoms with E-state index in [1.807, 2.05) is 13.8 Å². The zero-order chi connectivity index (χ0) is 29.3. The number of methoxy groups -OCH3 is 2. The summed E-state index contributed by atoms with van der Waals surface area (Å²) >= 11 is 6.25. The highest BCUT2D eigenvalue weighted by molar-refractivity contribution is 6.52. The van der Waals surface area contributed by atoms with E-state index in [0.29, 0.717) is 11.4 Å². The van der Waals surface area contributed by atoms with Crippen molar-refractivity contribution >= 4 is 34.6 Å². The number of hydrogen-bond acceptors (Lipinski definition) is 8. The van der Waals surface area contributed by atoms with Gasteiger partial charge < -0.3 is 14.0 Å². The molecule has 0 saturated carbocycles. The summed E-state index contributed by atoms with van der Waals surface area (Å²) in [6, 6.07) is 6.03. The monoisotopic (exact) mass is 566 g/mol. The first kappa shape index (κ1) is 28.4. The van der Waals surface area contributed by atoms with Crippen molar-refractivity contribution in [3.05, 3.63) is 80.2 Å². The van der Waals surface area contributed by atoms with Gasteiger partial charge in [-0.2, -0.15) is 15.2 Å². The zero-order valence-corrected chi connectivity index (χ0v) is 23.1. The van der Waals surface area contributed by atoms with E-state index in [1.54, 1.807) is 11.4 Å². The molecule has 1 atom stereocenters. The van der Waals surface area contributed by atoms with Crippen LogP contribution < -0.4 is 25.2 Å². The predicted molar refractivity (Wildman–Crippen MR) is 144 cm³/mol. The van der Waals surface area contributed by atoms with Gasteiger partial charge in [-0.25, -0.2) is 4.39 Å². The lowest BCUT2D eigenvalue weighted by Crippen LogP contribution is -2.77. The van der Waals surface area contributed by atoms with E-state index in [0.717, 1.165) is 11.0 Å². The van der Waals surface area contributed by atoms with Crippen molar-refractivity contribution in [3.8, 4) is 18.0 Å². The fourth-order valence-electron chi connectivity index (χ4n) is 4.55. The summed E-state index contributed by atoms with van der Waals surface area (Å²) < 4.78 is 26.6. The van der Waals surface area contributed by atoms with Gasteiger partial charge in [-0.3, -0.25) is 25.2 Å². The van der Waals surface area contributed by atoms with Crippen LogP contribution in [0.25, 0.3) is 0 Å². The van der Waals surface area contributed by atoms with Crippen molar-refractivity contribution in [1.29, 1.82) is 10.7 Å². The molecule has 0 radical (unpaired) electrons. The van der Waals surface area contributed by atoms with Gasteiger partial charge in [-0.15, -0.1) is 0 Å². The topological polar surface area (TPSA) is 151 Å². The van der Waals surface area contributed by atoms with E-state index < -0.39 is 23.3 Å². The average Bonchev–Trinajstić information content (AvgIpc) is 3.18. The van der Waals surface area contributed by atoms with Gasteiger partial charge in [0.15, 0.2) is 0 Å². The number of anilines is 1. The summed E-state index contributed by atoms with van der Waals surface area (Å²) in [5.41, 5.74) is 0.287. The Balaban J connectivity index is 2.02. The number of hydrogen-bond donors (Lipinski definition) is 2. The van der Waals surface area contributed by atoms with Crippen LogP contribution in [0, 0.1) is 28.5 Å². The molecule has 0 bridgehead atoms. The molecule has 3 aromatic rings. The smallest absolute Gasteiger partial charge is 0.319 e. The summed E-state index contributed by atoms with van der Waals surface area (Å²) in [7, 11) is 4.34. The number of aromatic nitrogens is 3. The van der Waals surface area contributed by atoms with Crippen LogP contribution in [0.4, 0.5) is 15.8 Å². The molecule has 1 fully saturated rings. The highest BCUT2D eigenvalue weighted by Gasteiger charge is 2.47. The first-order valence-electron chi connectivity index (χ1n) is 12.0. The third-order valence-electron chi connectivity index (χ3n) is 6.43. The van der Waals surface area contributed by atoms with Gasteiger partial charge in [0.25, 0.3) is 17.3 Å². The first-order valence-corrected chi connectivity index (χ1v) is 12.4. The summed E-state index contributed by atoms with van der Waals surface area (Å²) in [5, 5.41) is 20.0. The molecule has 206 valence electrons. The van der Waals surface area contributed by atoms with Crippen molar-refractivity contribution in [2.24, 2.45) is 13.0 Å². The molecule has 3 heterocycles. The number of benzene rings is 1. The molecule has 3 N–H and O–H groups in total. The van der Waals surface area contributed by atoms with Crippen molar-refractivity contribution in [1.82, 2.24) is 14.5 Å². The van der Waals surface area contributed by atoms with Gasteiger partial charge in [0.1, 0.15) is 29.0 Å². The number of halogens is 2. The summed E-state index contributed by atoms with van der Waals surface area (Å²) in [4.78, 5) is 36.4. The van der Waals surface area contributed by atoms with Crippen molar-refractivity contribution < 1.29 is 24.0 Å². The van der Waals surface area contributed by atoms with Crippen LogP contribution in [-0.2, 0) is 11.8 Å². The second-order valence-corrected chi connectivity index (χ2v) is 9.69. The number of rotatable bonds is 7. The van der Waals surface area contributed by atoms with Crippen LogP contribution in [0.3, 0.4) is 0 Å². The molecule has 1 unspecified atom stereocenters. The van der Waals surface area contributed by atoms with Crippen molar-refractivity contribution in [3.63, 3.8) is 0 Å². The van der Waals surface area contributed by atoms with E-state index in [1.165, 1.54) is 56.4 Å². The number of quaternary nitrogens is 1. The summed E-state index contributed by atoms with van der Waals surface area (Å²) in [6.07, 6.45) is 2.88. The highest BCUT2D eigenvalue weighted by atomic mass is 35.5. The normalized spacial score (nSPS) is 16.4. The Hall–Kier alpha value is -4.60. The number of ether oxygens (including phenoxy) is 2. The summed E-state index contributed by atoms with van der Waals surface area (Å²) in [5.74, 6) is -1.64. The van der Waals surface area contributed by atoms with Gasteiger partial charge in [-0.1, -0.05) is 31.5 Å². The quantitative estimate of drug-likeness (QED) is 0.446. The Kier molecular flexibility index (Phi) is 7.99. The maximum atomic E-state index is 14.9. The fourth-order valence-corrected chi connectivity index (χ4v) is 4.80. The fraction of sp³-hybridized carbons (Fsp3) is 0.259. The predicted octanol–water partition coefficient (Wildman–Crippen LogP) is 2.77. The molecule has 11 nitrogen and oxygen atoms in total. The van der Waals surface area contributed by atoms with Crippen LogP contribution >= 0.6 is 11.6 Å². The Bertz CT molecular complexity index is 1660. The van der Waals surface area contributed by atoms with Gasteiger partial charge >= 0.3 is 6.01 Å². The highest BCUT2D eigenvalue weighted by Crippen LogP contribution is 2.41. The molecule has 2 aromatic heterocycles. The third-order valence-corrected chi connectivity index (χ3v) is 6.64. The number of amides is 1. The lowest BCUT2D eigenvalue weighted by molar-refractivity contribution is -0.526. The number of nitrogens with two attached hydrogens (primary N) is 1. The van der Waals surface area contributed by atoms with E-state index in [9.17, 15) is 19.2 Å². The Morgan fingerprint density at radius 1 is 1.25 bits per heavy atom. The van der Waals surface area contributed by atoms with Crippen molar-refractivity contribution in [2.45, 2.75) is 19.9 Å². The molecular weight excluding hydrogens is 541 g/mol. The molecule has 1 saturated heterocycles. The van der Waals surface area contributed by atoms with Crippen LogP contribution in [-0.4, -0.2) is 40.4 Å². The molecule has 1 amide bonds. The number of carbonyl (C=O) groups is 1. The van der Waals surface area contributed by atoms with E-state index >= 15 is 0 Å². The van der Waals surface area contributed by atoms with E-state index in [-0.39, 0.29) is 50.9 Å². The SMILES string of the molecule is COc1ncc([NH2+]C(=C2C(=N)C(=O)N(c3cc(Cl)cn(C)c3=O)C2c2ccc(C#N)c(F)c2)C(C)C)c(OC)n1.